The first kappa shape index (κ1) is 20.2. The van der Waals surface area contributed by atoms with Gasteiger partial charge < -0.3 is 14.5 Å². The van der Waals surface area contributed by atoms with Gasteiger partial charge in [0.2, 0.25) is 5.13 Å². The second kappa shape index (κ2) is 9.61. The molecule has 0 unspecified atom stereocenters. The van der Waals surface area contributed by atoms with Crippen molar-refractivity contribution in [1.82, 2.24) is 9.88 Å². The lowest BCUT2D eigenvalue weighted by molar-refractivity contribution is -0.142. The average molecular weight is 405 g/mol. The van der Waals surface area contributed by atoms with Gasteiger partial charge in [0.15, 0.2) is 0 Å². The number of piperazine rings is 1. The van der Waals surface area contributed by atoms with Gasteiger partial charge in [-0.05, 0) is 31.7 Å². The summed E-state index contributed by atoms with van der Waals surface area (Å²) in [4.78, 5) is 20.1. The van der Waals surface area contributed by atoms with Crippen molar-refractivity contribution in [2.75, 3.05) is 50.2 Å². The molecule has 1 aliphatic rings. The number of thiazole rings is 1. The standard InChI is InChI=1S/C19H24FN5O2S/c1-3-27-18(26)11-15-13-28-19(22-15)23-21-12-14-4-5-16(20)17(10-14)25-8-6-24(2)7-9-25/h4-5,10,12-13H,3,6-9,11H2,1-2H3,(H,22,23). The molecule has 0 radical (unpaired) electrons. The quantitative estimate of drug-likeness (QED) is 0.434. The summed E-state index contributed by atoms with van der Waals surface area (Å²) in [7, 11) is 2.07. The van der Waals surface area contributed by atoms with Crippen molar-refractivity contribution < 1.29 is 13.9 Å². The van der Waals surface area contributed by atoms with Gasteiger partial charge in [0, 0.05) is 31.6 Å². The van der Waals surface area contributed by atoms with E-state index in [1.807, 2.05) is 0 Å². The van der Waals surface area contributed by atoms with Gasteiger partial charge in [0.25, 0.3) is 0 Å². The maximum atomic E-state index is 14.2. The number of carbonyl (C=O) groups is 1. The maximum Gasteiger partial charge on any atom is 0.311 e. The number of halogens is 1. The van der Waals surface area contributed by atoms with E-state index in [0.29, 0.717) is 23.1 Å². The Bertz CT molecular complexity index is 833. The zero-order valence-electron chi connectivity index (χ0n) is 16.0. The van der Waals surface area contributed by atoms with Gasteiger partial charge >= 0.3 is 5.97 Å². The summed E-state index contributed by atoms with van der Waals surface area (Å²) >= 11 is 1.36. The van der Waals surface area contributed by atoms with E-state index in [-0.39, 0.29) is 18.2 Å². The third-order valence-electron chi connectivity index (χ3n) is 4.37. The Balaban J connectivity index is 1.59. The van der Waals surface area contributed by atoms with E-state index in [4.69, 9.17) is 4.74 Å². The minimum absolute atomic E-state index is 0.141. The smallest absolute Gasteiger partial charge is 0.311 e. The summed E-state index contributed by atoms with van der Waals surface area (Å²) in [6, 6.07) is 4.96. The SMILES string of the molecule is CCOC(=O)Cc1csc(NN=Cc2ccc(F)c(N3CCN(C)CC3)c2)n1. The molecule has 3 rings (SSSR count). The number of hydrazone groups is 1. The fraction of sp³-hybridized carbons (Fsp3) is 0.421. The van der Waals surface area contributed by atoms with Gasteiger partial charge in [0.1, 0.15) is 5.82 Å². The lowest BCUT2D eigenvalue weighted by atomic mass is 10.1. The van der Waals surface area contributed by atoms with Gasteiger partial charge in [0.05, 0.1) is 30.6 Å². The molecule has 7 nitrogen and oxygen atoms in total. The molecule has 0 amide bonds. The molecule has 9 heteroatoms. The number of aromatic nitrogens is 1. The van der Waals surface area contributed by atoms with E-state index in [9.17, 15) is 9.18 Å². The van der Waals surface area contributed by atoms with Crippen LogP contribution in [0.5, 0.6) is 0 Å². The van der Waals surface area contributed by atoms with Gasteiger partial charge in [-0.3, -0.25) is 10.2 Å². The summed E-state index contributed by atoms with van der Waals surface area (Å²) in [5.41, 5.74) is 4.89. The van der Waals surface area contributed by atoms with Gasteiger partial charge in [-0.1, -0.05) is 6.07 Å². The van der Waals surface area contributed by atoms with Gasteiger partial charge in [-0.25, -0.2) is 9.37 Å². The molecule has 2 aromatic rings. The van der Waals surface area contributed by atoms with Crippen molar-refractivity contribution in [2.45, 2.75) is 13.3 Å². The predicted molar refractivity (Wildman–Crippen MR) is 110 cm³/mol. The number of hydrogen-bond donors (Lipinski definition) is 1. The van der Waals surface area contributed by atoms with Gasteiger partial charge in [-0.2, -0.15) is 5.10 Å². The summed E-state index contributed by atoms with van der Waals surface area (Å²) in [6.45, 7) is 5.55. The summed E-state index contributed by atoms with van der Waals surface area (Å²) < 4.78 is 19.1. The normalized spacial score (nSPS) is 15.2. The van der Waals surface area contributed by atoms with Crippen LogP contribution in [-0.2, 0) is 16.0 Å². The van der Waals surface area contributed by atoms with Gasteiger partial charge in [-0.15, -0.1) is 11.3 Å². The van der Waals surface area contributed by atoms with Crippen LogP contribution < -0.4 is 10.3 Å². The number of hydrogen-bond acceptors (Lipinski definition) is 8. The summed E-state index contributed by atoms with van der Waals surface area (Å²) in [5, 5.41) is 6.55. The molecule has 0 saturated carbocycles. The molecule has 0 aliphatic carbocycles. The molecule has 2 heterocycles. The highest BCUT2D eigenvalue weighted by molar-refractivity contribution is 7.13. The van der Waals surface area contributed by atoms with Crippen LogP contribution in [0.4, 0.5) is 15.2 Å². The molecular formula is C19H24FN5O2S. The molecule has 1 fully saturated rings. The molecular weight excluding hydrogens is 381 g/mol. The van der Waals surface area contributed by atoms with Crippen LogP contribution in [0.3, 0.4) is 0 Å². The Kier molecular flexibility index (Phi) is 6.94. The number of benzene rings is 1. The molecule has 1 aromatic heterocycles. The zero-order valence-corrected chi connectivity index (χ0v) is 16.8. The molecule has 1 saturated heterocycles. The zero-order chi connectivity index (χ0) is 19.9. The first-order valence-corrected chi connectivity index (χ1v) is 10.0. The van der Waals surface area contributed by atoms with Crippen LogP contribution in [0.2, 0.25) is 0 Å². The van der Waals surface area contributed by atoms with Crippen molar-refractivity contribution in [3.63, 3.8) is 0 Å². The Hall–Kier alpha value is -2.52. The van der Waals surface area contributed by atoms with E-state index >= 15 is 0 Å². The number of ether oxygens (including phenoxy) is 1. The molecule has 1 N–H and O–H groups in total. The van der Waals surface area contributed by atoms with Crippen LogP contribution in [0.1, 0.15) is 18.2 Å². The first-order valence-electron chi connectivity index (χ1n) is 9.17. The number of esters is 1. The lowest BCUT2D eigenvalue weighted by Crippen LogP contribution is -2.44. The largest absolute Gasteiger partial charge is 0.466 e. The highest BCUT2D eigenvalue weighted by Crippen LogP contribution is 2.22. The van der Waals surface area contributed by atoms with Crippen LogP contribution in [0.15, 0.2) is 28.7 Å². The number of nitrogens with zero attached hydrogens (tertiary/aromatic N) is 4. The van der Waals surface area contributed by atoms with Crippen LogP contribution in [-0.4, -0.2) is 61.9 Å². The fourth-order valence-corrected chi connectivity index (χ4v) is 3.52. The minimum atomic E-state index is -0.300. The Morgan fingerprint density at radius 3 is 2.93 bits per heavy atom. The Morgan fingerprint density at radius 2 is 2.18 bits per heavy atom. The van der Waals surface area contributed by atoms with Crippen molar-refractivity contribution in [1.29, 1.82) is 0 Å². The molecule has 1 aliphatic heterocycles. The lowest BCUT2D eigenvalue weighted by Gasteiger charge is -2.34. The highest BCUT2D eigenvalue weighted by atomic mass is 32.1. The summed E-state index contributed by atoms with van der Waals surface area (Å²) in [5.74, 6) is -0.524. The molecule has 0 spiro atoms. The van der Waals surface area contributed by atoms with Crippen molar-refractivity contribution in [3.8, 4) is 0 Å². The second-order valence-corrected chi connectivity index (χ2v) is 7.36. The monoisotopic (exact) mass is 405 g/mol. The van der Waals surface area contributed by atoms with E-state index < -0.39 is 0 Å². The van der Waals surface area contributed by atoms with E-state index in [1.165, 1.54) is 17.4 Å². The van der Waals surface area contributed by atoms with Crippen LogP contribution in [0, 0.1) is 5.82 Å². The number of carbonyl (C=O) groups excluding carboxylic acids is 1. The number of nitrogens with one attached hydrogen (secondary N) is 1. The van der Waals surface area contributed by atoms with E-state index in [0.717, 1.165) is 31.7 Å². The Morgan fingerprint density at radius 1 is 1.39 bits per heavy atom. The third kappa shape index (κ3) is 5.49. The minimum Gasteiger partial charge on any atom is -0.466 e. The highest BCUT2D eigenvalue weighted by Gasteiger charge is 2.17. The fourth-order valence-electron chi connectivity index (χ4n) is 2.86. The number of anilines is 2. The van der Waals surface area contributed by atoms with Crippen LogP contribution in [0.25, 0.3) is 0 Å². The molecule has 150 valence electrons. The van der Waals surface area contributed by atoms with Crippen molar-refractivity contribution in [3.05, 3.63) is 40.7 Å². The molecule has 0 bridgehead atoms. The third-order valence-corrected chi connectivity index (χ3v) is 5.17. The van der Waals surface area contributed by atoms with Crippen molar-refractivity contribution in [2.24, 2.45) is 5.10 Å². The average Bonchev–Trinajstić information content (AvgIpc) is 3.11. The topological polar surface area (TPSA) is 70.1 Å². The van der Waals surface area contributed by atoms with Crippen molar-refractivity contribution >= 4 is 34.3 Å². The molecule has 28 heavy (non-hydrogen) atoms. The molecule has 0 atom stereocenters. The Labute approximate surface area is 167 Å². The number of rotatable bonds is 7. The number of likely N-dealkylation sites (N-methyl/N-ethyl adjacent to an activating group) is 1. The van der Waals surface area contributed by atoms with E-state index in [1.54, 1.807) is 30.7 Å². The molecule has 1 aromatic carbocycles. The second-order valence-electron chi connectivity index (χ2n) is 6.50. The summed E-state index contributed by atoms with van der Waals surface area (Å²) in [6.07, 6.45) is 1.77. The van der Waals surface area contributed by atoms with E-state index in [2.05, 4.69) is 32.4 Å². The van der Waals surface area contributed by atoms with Crippen LogP contribution >= 0.6 is 11.3 Å². The first-order chi connectivity index (χ1) is 13.5. The maximum absolute atomic E-state index is 14.2. The predicted octanol–water partition coefficient (Wildman–Crippen LogP) is 2.59.